The second kappa shape index (κ2) is 8.29. The lowest BCUT2D eigenvalue weighted by molar-refractivity contribution is 0.0600. The summed E-state index contributed by atoms with van der Waals surface area (Å²) in [5.41, 5.74) is 3.82. The molecule has 1 aromatic carbocycles. The summed E-state index contributed by atoms with van der Waals surface area (Å²) < 4.78 is 10.3. The fraction of sp³-hybridized carbons (Fsp3) is 0.0526. The molecule has 0 unspecified atom stereocenters. The summed E-state index contributed by atoms with van der Waals surface area (Å²) in [7, 11) is 1.33. The average molecular weight is 384 g/mol. The highest BCUT2D eigenvalue weighted by molar-refractivity contribution is 6.32. The van der Waals surface area contributed by atoms with Gasteiger partial charge in [0.1, 0.15) is 16.7 Å². The predicted octanol–water partition coefficient (Wildman–Crippen LogP) is 3.55. The number of nitrogens with one attached hydrogen (secondary N) is 1. The fourth-order valence-corrected chi connectivity index (χ4v) is 2.44. The molecule has 2 aromatic heterocycles. The van der Waals surface area contributed by atoms with Crippen LogP contribution in [-0.2, 0) is 4.74 Å². The number of hydrogen-bond acceptors (Lipinski definition) is 6. The van der Waals surface area contributed by atoms with Crippen molar-refractivity contribution in [2.75, 3.05) is 7.11 Å². The Morgan fingerprint density at radius 3 is 2.67 bits per heavy atom. The number of carbonyl (C=O) groups is 2. The van der Waals surface area contributed by atoms with Crippen molar-refractivity contribution in [3.05, 3.63) is 76.8 Å². The minimum absolute atomic E-state index is 0.0980. The second-order valence-corrected chi connectivity index (χ2v) is 5.67. The Morgan fingerprint density at radius 1 is 1.19 bits per heavy atom. The molecule has 0 saturated carbocycles. The lowest BCUT2D eigenvalue weighted by Crippen LogP contribution is -2.18. The Kier molecular flexibility index (Phi) is 5.63. The molecule has 0 aliphatic heterocycles. The number of rotatable bonds is 5. The van der Waals surface area contributed by atoms with Crippen molar-refractivity contribution in [3.63, 3.8) is 0 Å². The van der Waals surface area contributed by atoms with Gasteiger partial charge in [0.2, 0.25) is 0 Å². The van der Waals surface area contributed by atoms with Gasteiger partial charge in [0.15, 0.2) is 0 Å². The molecule has 0 aliphatic carbocycles. The number of furan rings is 1. The molecule has 0 radical (unpaired) electrons. The van der Waals surface area contributed by atoms with Crippen molar-refractivity contribution in [3.8, 4) is 11.3 Å². The van der Waals surface area contributed by atoms with E-state index in [0.717, 1.165) is 5.56 Å². The van der Waals surface area contributed by atoms with E-state index in [4.69, 9.17) is 16.0 Å². The van der Waals surface area contributed by atoms with Crippen LogP contribution >= 0.6 is 11.6 Å². The molecular formula is C19H14ClN3O4. The summed E-state index contributed by atoms with van der Waals surface area (Å²) in [6.07, 6.45) is 2.86. The molecule has 0 spiro atoms. The predicted molar refractivity (Wildman–Crippen MR) is 99.8 cm³/mol. The number of ether oxygens (including phenoxy) is 1. The molecule has 136 valence electrons. The van der Waals surface area contributed by atoms with Crippen LogP contribution in [0.5, 0.6) is 0 Å². The summed E-state index contributed by atoms with van der Waals surface area (Å²) in [6.45, 7) is 0. The van der Waals surface area contributed by atoms with E-state index in [-0.39, 0.29) is 10.7 Å². The zero-order valence-electron chi connectivity index (χ0n) is 14.2. The molecule has 3 aromatic rings. The van der Waals surface area contributed by atoms with Gasteiger partial charge in [-0.1, -0.05) is 23.7 Å². The number of halogens is 1. The van der Waals surface area contributed by atoms with E-state index in [0.29, 0.717) is 17.1 Å². The normalized spacial score (nSPS) is 10.7. The van der Waals surface area contributed by atoms with Crippen LogP contribution in [0.2, 0.25) is 5.15 Å². The molecule has 7 nitrogen and oxygen atoms in total. The van der Waals surface area contributed by atoms with E-state index in [1.807, 2.05) is 0 Å². The Bertz CT molecular complexity index is 996. The molecule has 0 fully saturated rings. The minimum atomic E-state index is -0.477. The van der Waals surface area contributed by atoms with Crippen molar-refractivity contribution in [1.82, 2.24) is 10.4 Å². The van der Waals surface area contributed by atoms with E-state index in [1.54, 1.807) is 48.5 Å². The number of nitrogens with zero attached hydrogens (tertiary/aromatic N) is 2. The topological polar surface area (TPSA) is 93.8 Å². The van der Waals surface area contributed by atoms with Gasteiger partial charge < -0.3 is 9.15 Å². The molecule has 0 aliphatic rings. The Hall–Kier alpha value is -3.45. The first kappa shape index (κ1) is 18.3. The zero-order chi connectivity index (χ0) is 19.2. The van der Waals surface area contributed by atoms with E-state index in [1.165, 1.54) is 19.5 Å². The van der Waals surface area contributed by atoms with Crippen LogP contribution < -0.4 is 5.43 Å². The third-order valence-corrected chi connectivity index (χ3v) is 3.88. The van der Waals surface area contributed by atoms with Gasteiger partial charge in [-0.3, -0.25) is 4.79 Å². The van der Waals surface area contributed by atoms with Gasteiger partial charge in [-0.05, 0) is 36.4 Å². The largest absolute Gasteiger partial charge is 0.465 e. The van der Waals surface area contributed by atoms with Crippen molar-refractivity contribution in [2.45, 2.75) is 0 Å². The van der Waals surface area contributed by atoms with Gasteiger partial charge >= 0.3 is 5.97 Å². The van der Waals surface area contributed by atoms with E-state index in [2.05, 4.69) is 20.2 Å². The monoisotopic (exact) mass is 383 g/mol. The number of amides is 1. The van der Waals surface area contributed by atoms with Crippen LogP contribution in [0, 0.1) is 0 Å². The first-order valence-corrected chi connectivity index (χ1v) is 8.19. The van der Waals surface area contributed by atoms with Crippen LogP contribution in [0.25, 0.3) is 11.3 Å². The Balaban J connectivity index is 1.65. The maximum absolute atomic E-state index is 12.0. The fourth-order valence-electron chi connectivity index (χ4n) is 2.24. The van der Waals surface area contributed by atoms with E-state index in [9.17, 15) is 9.59 Å². The van der Waals surface area contributed by atoms with Gasteiger partial charge in [-0.15, -0.1) is 0 Å². The molecule has 2 heterocycles. The number of hydrogen-bond donors (Lipinski definition) is 1. The highest BCUT2D eigenvalue weighted by Crippen LogP contribution is 2.22. The summed E-state index contributed by atoms with van der Waals surface area (Å²) >= 11 is 5.85. The molecule has 0 bridgehead atoms. The number of carbonyl (C=O) groups excluding carboxylic acids is 2. The second-order valence-electron chi connectivity index (χ2n) is 5.31. The van der Waals surface area contributed by atoms with Crippen molar-refractivity contribution < 1.29 is 18.7 Å². The standard InChI is InChI=1S/C19H14ClN3O4/c1-26-19(25)13-6-4-12(5-7-13)16-9-8-14(27-16)11-22-23-18(24)15-3-2-10-21-17(15)20/h2-11H,1H3,(H,23,24)/b22-11+. The quantitative estimate of drug-likeness (QED) is 0.315. The number of hydrazone groups is 1. The van der Waals surface area contributed by atoms with Crippen molar-refractivity contribution in [2.24, 2.45) is 5.10 Å². The Labute approximate surface area is 159 Å². The molecule has 1 amide bonds. The van der Waals surface area contributed by atoms with Crippen LogP contribution in [0.15, 0.2) is 64.2 Å². The molecule has 0 atom stereocenters. The van der Waals surface area contributed by atoms with Crippen LogP contribution in [0.1, 0.15) is 26.5 Å². The molecule has 0 saturated heterocycles. The van der Waals surface area contributed by atoms with E-state index >= 15 is 0 Å². The Morgan fingerprint density at radius 2 is 1.96 bits per heavy atom. The zero-order valence-corrected chi connectivity index (χ0v) is 14.9. The maximum atomic E-state index is 12.0. The number of pyridine rings is 1. The minimum Gasteiger partial charge on any atom is -0.465 e. The molecule has 27 heavy (non-hydrogen) atoms. The number of methoxy groups -OCH3 is 1. The first-order chi connectivity index (χ1) is 13.1. The molecular weight excluding hydrogens is 370 g/mol. The number of benzene rings is 1. The van der Waals surface area contributed by atoms with Gasteiger partial charge in [0.05, 0.1) is 24.5 Å². The molecule has 3 rings (SSSR count). The lowest BCUT2D eigenvalue weighted by atomic mass is 10.1. The van der Waals surface area contributed by atoms with Gasteiger partial charge in [0, 0.05) is 11.8 Å². The third-order valence-electron chi connectivity index (χ3n) is 3.58. The molecule has 1 N–H and O–H groups in total. The summed E-state index contributed by atoms with van der Waals surface area (Å²) in [5.74, 6) is 0.155. The number of esters is 1. The molecule has 8 heteroatoms. The van der Waals surface area contributed by atoms with Crippen LogP contribution in [-0.4, -0.2) is 30.2 Å². The van der Waals surface area contributed by atoms with E-state index < -0.39 is 11.9 Å². The van der Waals surface area contributed by atoms with Crippen LogP contribution in [0.3, 0.4) is 0 Å². The highest BCUT2D eigenvalue weighted by Gasteiger charge is 2.10. The lowest BCUT2D eigenvalue weighted by Gasteiger charge is -2.01. The van der Waals surface area contributed by atoms with Crippen molar-refractivity contribution in [1.29, 1.82) is 0 Å². The summed E-state index contributed by atoms with van der Waals surface area (Å²) in [6, 6.07) is 13.4. The SMILES string of the molecule is COC(=O)c1ccc(-c2ccc(/C=N/NC(=O)c3cccnc3Cl)o2)cc1. The third kappa shape index (κ3) is 4.39. The first-order valence-electron chi connectivity index (χ1n) is 7.81. The number of aromatic nitrogens is 1. The van der Waals surface area contributed by atoms with Crippen molar-refractivity contribution >= 4 is 29.7 Å². The average Bonchev–Trinajstić information content (AvgIpc) is 3.16. The summed E-state index contributed by atoms with van der Waals surface area (Å²) in [4.78, 5) is 27.3. The highest BCUT2D eigenvalue weighted by atomic mass is 35.5. The summed E-state index contributed by atoms with van der Waals surface area (Å²) in [5, 5.41) is 3.95. The maximum Gasteiger partial charge on any atom is 0.337 e. The van der Waals surface area contributed by atoms with Crippen LogP contribution in [0.4, 0.5) is 0 Å². The van der Waals surface area contributed by atoms with Gasteiger partial charge in [-0.25, -0.2) is 15.2 Å². The smallest absolute Gasteiger partial charge is 0.337 e. The van der Waals surface area contributed by atoms with Gasteiger partial charge in [-0.2, -0.15) is 5.10 Å². The van der Waals surface area contributed by atoms with Gasteiger partial charge in [0.25, 0.3) is 5.91 Å².